The first kappa shape index (κ1) is 13.1. The molecule has 0 unspecified atom stereocenters. The molecular weight excluding hydrogens is 284 g/mol. The molecule has 0 saturated carbocycles. The van der Waals surface area contributed by atoms with Gasteiger partial charge in [-0.25, -0.2) is 0 Å². The van der Waals surface area contributed by atoms with Crippen LogP contribution in [0.3, 0.4) is 0 Å². The predicted molar refractivity (Wildman–Crippen MR) is 66.8 cm³/mol. The van der Waals surface area contributed by atoms with Crippen LogP contribution >= 0.6 is 15.9 Å². The van der Waals surface area contributed by atoms with Crippen molar-refractivity contribution >= 4 is 22.0 Å². The molecule has 0 amide bonds. The van der Waals surface area contributed by atoms with Gasteiger partial charge in [0.25, 0.3) is 0 Å². The van der Waals surface area contributed by atoms with Crippen LogP contribution in [0.25, 0.3) is 6.08 Å². The summed E-state index contributed by atoms with van der Waals surface area (Å²) in [5, 5.41) is 18.2. The number of ether oxygens (including phenoxy) is 2. The van der Waals surface area contributed by atoms with Gasteiger partial charge < -0.3 is 9.47 Å². The number of hydrogen-bond acceptors (Lipinski definition) is 4. The second-order valence-corrected chi connectivity index (χ2v) is 3.76. The molecule has 1 aromatic carbocycles. The van der Waals surface area contributed by atoms with Gasteiger partial charge in [-0.05, 0) is 15.9 Å². The molecule has 0 radical (unpaired) electrons. The molecule has 0 heterocycles. The zero-order valence-corrected chi connectivity index (χ0v) is 11.0. The maximum absolute atomic E-state index is 9.13. The topological polar surface area (TPSA) is 66.0 Å². The van der Waals surface area contributed by atoms with E-state index < -0.39 is 0 Å². The summed E-state index contributed by atoms with van der Waals surface area (Å²) in [6.07, 6.45) is 1.49. The molecule has 5 heteroatoms. The van der Waals surface area contributed by atoms with Crippen LogP contribution in [0.15, 0.2) is 11.1 Å². The molecule has 1 aromatic rings. The van der Waals surface area contributed by atoms with E-state index in [0.717, 1.165) is 0 Å². The number of rotatable bonds is 3. The van der Waals surface area contributed by atoms with Gasteiger partial charge in [0.1, 0.15) is 23.3 Å². The van der Waals surface area contributed by atoms with Crippen molar-refractivity contribution in [2.24, 2.45) is 0 Å². The molecule has 1 rings (SSSR count). The highest BCUT2D eigenvalue weighted by molar-refractivity contribution is 9.10. The summed E-state index contributed by atoms with van der Waals surface area (Å²) in [6.45, 7) is 3.62. The Balaban J connectivity index is 3.89. The van der Waals surface area contributed by atoms with Crippen molar-refractivity contribution in [3.05, 3.63) is 27.7 Å². The third-order valence-electron chi connectivity index (χ3n) is 2.22. The molecular formula is C12H9BrN2O2. The number of nitriles is 2. The minimum absolute atomic E-state index is 0.240. The largest absolute Gasteiger partial charge is 0.491 e. The molecule has 86 valence electrons. The lowest BCUT2D eigenvalue weighted by Gasteiger charge is -2.14. The summed E-state index contributed by atoms with van der Waals surface area (Å²) in [5.41, 5.74) is 1.07. The fraction of sp³-hybridized carbons (Fsp3) is 0.167. The lowest BCUT2D eigenvalue weighted by atomic mass is 10.0. The van der Waals surface area contributed by atoms with Gasteiger partial charge in [0.15, 0.2) is 11.5 Å². The summed E-state index contributed by atoms with van der Waals surface area (Å²) >= 11 is 3.27. The van der Waals surface area contributed by atoms with Crippen molar-refractivity contribution in [3.8, 4) is 23.6 Å². The van der Waals surface area contributed by atoms with Crippen LogP contribution in [0.1, 0.15) is 16.7 Å². The Morgan fingerprint density at radius 1 is 1.12 bits per heavy atom. The van der Waals surface area contributed by atoms with Crippen molar-refractivity contribution in [2.75, 3.05) is 14.2 Å². The van der Waals surface area contributed by atoms with E-state index in [9.17, 15) is 0 Å². The quantitative estimate of drug-likeness (QED) is 0.859. The Morgan fingerprint density at radius 2 is 1.59 bits per heavy atom. The molecule has 17 heavy (non-hydrogen) atoms. The smallest absolute Gasteiger partial charge is 0.181 e. The fourth-order valence-electron chi connectivity index (χ4n) is 1.49. The second-order valence-electron chi connectivity index (χ2n) is 2.97. The molecule has 0 fully saturated rings. The van der Waals surface area contributed by atoms with Gasteiger partial charge >= 0.3 is 0 Å². The van der Waals surface area contributed by atoms with Gasteiger partial charge in [-0.2, -0.15) is 10.5 Å². The standard InChI is InChI=1S/C12H9BrN2O2/c1-4-7-8(5-14)11(16-2)12(17-3)9(6-15)10(7)13/h4H,1H2,2-3H3. The van der Waals surface area contributed by atoms with Crippen LogP contribution < -0.4 is 9.47 Å². The molecule has 0 aliphatic heterocycles. The highest BCUT2D eigenvalue weighted by atomic mass is 79.9. The number of methoxy groups -OCH3 is 2. The first-order valence-electron chi connectivity index (χ1n) is 4.56. The average Bonchev–Trinajstić information content (AvgIpc) is 2.36. The number of halogens is 1. The van der Waals surface area contributed by atoms with Gasteiger partial charge in [-0.1, -0.05) is 12.7 Å². The van der Waals surface area contributed by atoms with Crippen LogP contribution in [0.5, 0.6) is 11.5 Å². The SMILES string of the molecule is C=Cc1c(Br)c(C#N)c(OC)c(OC)c1C#N. The molecule has 4 nitrogen and oxygen atoms in total. The van der Waals surface area contributed by atoms with E-state index in [1.807, 2.05) is 12.1 Å². The van der Waals surface area contributed by atoms with E-state index in [2.05, 4.69) is 22.5 Å². The second kappa shape index (κ2) is 5.38. The molecule has 0 spiro atoms. The highest BCUT2D eigenvalue weighted by Gasteiger charge is 2.22. The Bertz CT molecular complexity index is 553. The number of benzene rings is 1. The van der Waals surface area contributed by atoms with Crippen molar-refractivity contribution in [1.82, 2.24) is 0 Å². The minimum Gasteiger partial charge on any atom is -0.491 e. The molecule has 0 aliphatic carbocycles. The normalized spacial score (nSPS) is 9.00. The van der Waals surface area contributed by atoms with E-state index in [4.69, 9.17) is 20.0 Å². The molecule has 0 saturated heterocycles. The third-order valence-corrected chi connectivity index (χ3v) is 3.05. The average molecular weight is 293 g/mol. The summed E-state index contributed by atoms with van der Waals surface area (Å²) in [5.74, 6) is 0.480. The first-order chi connectivity index (χ1) is 8.15. The van der Waals surface area contributed by atoms with Crippen molar-refractivity contribution < 1.29 is 9.47 Å². The van der Waals surface area contributed by atoms with Crippen LogP contribution in [-0.4, -0.2) is 14.2 Å². The summed E-state index contributed by atoms with van der Waals surface area (Å²) in [4.78, 5) is 0. The van der Waals surface area contributed by atoms with Gasteiger partial charge in [0.05, 0.1) is 14.2 Å². The molecule has 0 N–H and O–H groups in total. The van der Waals surface area contributed by atoms with Crippen molar-refractivity contribution in [2.45, 2.75) is 0 Å². The Morgan fingerprint density at radius 3 is 1.94 bits per heavy atom. The van der Waals surface area contributed by atoms with Gasteiger partial charge in [0, 0.05) is 10.0 Å². The van der Waals surface area contributed by atoms with E-state index in [1.54, 1.807) is 0 Å². The molecule has 0 aromatic heterocycles. The van der Waals surface area contributed by atoms with Gasteiger partial charge in [-0.15, -0.1) is 0 Å². The molecule has 0 atom stereocenters. The Hall–Kier alpha value is -1.98. The highest BCUT2D eigenvalue weighted by Crippen LogP contribution is 2.42. The van der Waals surface area contributed by atoms with Gasteiger partial charge in [-0.3, -0.25) is 0 Å². The van der Waals surface area contributed by atoms with E-state index in [-0.39, 0.29) is 22.6 Å². The third kappa shape index (κ3) is 1.98. The van der Waals surface area contributed by atoms with Crippen LogP contribution in [0.2, 0.25) is 0 Å². The maximum atomic E-state index is 9.13. The Labute approximate surface area is 108 Å². The van der Waals surface area contributed by atoms with E-state index in [0.29, 0.717) is 10.0 Å². The predicted octanol–water partition coefficient (Wildman–Crippen LogP) is 2.85. The van der Waals surface area contributed by atoms with E-state index in [1.165, 1.54) is 20.3 Å². The van der Waals surface area contributed by atoms with Crippen LogP contribution in [0, 0.1) is 22.7 Å². The first-order valence-corrected chi connectivity index (χ1v) is 5.35. The van der Waals surface area contributed by atoms with Crippen LogP contribution in [-0.2, 0) is 0 Å². The lowest BCUT2D eigenvalue weighted by Crippen LogP contribution is -2.00. The fourth-order valence-corrected chi connectivity index (χ4v) is 2.11. The monoisotopic (exact) mass is 292 g/mol. The number of nitrogens with zero attached hydrogens (tertiary/aromatic N) is 2. The van der Waals surface area contributed by atoms with E-state index >= 15 is 0 Å². The van der Waals surface area contributed by atoms with Crippen LogP contribution in [0.4, 0.5) is 0 Å². The molecule has 0 bridgehead atoms. The van der Waals surface area contributed by atoms with Crippen molar-refractivity contribution in [1.29, 1.82) is 10.5 Å². The zero-order chi connectivity index (χ0) is 13.0. The maximum Gasteiger partial charge on any atom is 0.181 e. The summed E-state index contributed by atoms with van der Waals surface area (Å²) in [6, 6.07) is 4.02. The van der Waals surface area contributed by atoms with Gasteiger partial charge in [0.2, 0.25) is 0 Å². The minimum atomic E-state index is 0.240. The zero-order valence-electron chi connectivity index (χ0n) is 9.37. The summed E-state index contributed by atoms with van der Waals surface area (Å²) < 4.78 is 10.7. The Kier molecular flexibility index (Phi) is 4.14. The lowest BCUT2D eigenvalue weighted by molar-refractivity contribution is 0.353. The molecule has 0 aliphatic rings. The van der Waals surface area contributed by atoms with Crippen molar-refractivity contribution in [3.63, 3.8) is 0 Å². The summed E-state index contributed by atoms with van der Waals surface area (Å²) in [7, 11) is 2.83. The number of hydrogen-bond donors (Lipinski definition) is 0.